The molecule has 2 aromatic rings. The topological polar surface area (TPSA) is 92.8 Å². The first kappa shape index (κ1) is 23.4. The van der Waals surface area contributed by atoms with Gasteiger partial charge < -0.3 is 4.74 Å². The molecule has 0 aliphatic carbocycles. The van der Waals surface area contributed by atoms with Gasteiger partial charge in [-0.05, 0) is 43.3 Å². The minimum atomic E-state index is -1.16. The molecule has 2 amide bonds. The lowest BCUT2D eigenvalue weighted by atomic mass is 10.0. The smallest absolute Gasteiger partial charge is 0.312 e. The molecule has 7 nitrogen and oxygen atoms in total. The van der Waals surface area contributed by atoms with E-state index in [0.717, 1.165) is 22.7 Å². The summed E-state index contributed by atoms with van der Waals surface area (Å²) in [6.07, 6.45) is -1.25. The molecule has 1 N–H and O–H groups in total. The largest absolute Gasteiger partial charge is 0.454 e. The highest BCUT2D eigenvalue weighted by molar-refractivity contribution is 6.18. The van der Waals surface area contributed by atoms with Crippen LogP contribution in [-0.2, 0) is 14.3 Å². The number of halogens is 2. The van der Waals surface area contributed by atoms with E-state index < -0.39 is 41.4 Å². The number of hydrogen-bond acceptors (Lipinski definition) is 5. The molecule has 1 aliphatic heterocycles. The lowest BCUT2D eigenvalue weighted by molar-refractivity contribution is -0.151. The molecular formula is C23H22ClFN2O5. The fourth-order valence-corrected chi connectivity index (χ4v) is 3.44. The maximum absolute atomic E-state index is 13.1. The van der Waals surface area contributed by atoms with Gasteiger partial charge in [0.25, 0.3) is 5.91 Å². The summed E-state index contributed by atoms with van der Waals surface area (Å²) in [6.45, 7) is 1.81. The van der Waals surface area contributed by atoms with Gasteiger partial charge >= 0.3 is 5.97 Å². The highest BCUT2D eigenvalue weighted by atomic mass is 35.5. The summed E-state index contributed by atoms with van der Waals surface area (Å²) >= 11 is 5.75. The number of amides is 2. The van der Waals surface area contributed by atoms with Gasteiger partial charge in [-0.15, -0.1) is 11.6 Å². The number of hydrogen-bond donors (Lipinski definition) is 1. The Morgan fingerprint density at radius 1 is 1.12 bits per heavy atom. The van der Waals surface area contributed by atoms with Gasteiger partial charge in [0, 0.05) is 29.8 Å². The second kappa shape index (κ2) is 10.4. The maximum atomic E-state index is 13.1. The zero-order chi connectivity index (χ0) is 23.3. The predicted molar refractivity (Wildman–Crippen MR) is 114 cm³/mol. The number of hydrazine groups is 1. The van der Waals surface area contributed by atoms with Crippen molar-refractivity contribution in [3.63, 3.8) is 0 Å². The maximum Gasteiger partial charge on any atom is 0.312 e. The molecule has 0 radical (unpaired) electrons. The lowest BCUT2D eigenvalue weighted by Crippen LogP contribution is -2.43. The second-order valence-electron chi connectivity index (χ2n) is 7.49. The van der Waals surface area contributed by atoms with Crippen LogP contribution in [0.1, 0.15) is 39.1 Å². The monoisotopic (exact) mass is 460 g/mol. The Morgan fingerprint density at radius 2 is 1.75 bits per heavy atom. The van der Waals surface area contributed by atoms with Crippen molar-refractivity contribution in [2.45, 2.75) is 25.9 Å². The SMILES string of the molecule is Cc1ccc(C(=O)NN2C[C@@H](C(=O)O[C@H](CCCl)C(=O)c3ccc(F)cc3)CC2=O)cc1. The molecule has 0 spiro atoms. The van der Waals surface area contributed by atoms with E-state index in [4.69, 9.17) is 16.3 Å². The van der Waals surface area contributed by atoms with Gasteiger partial charge in [0.15, 0.2) is 6.10 Å². The van der Waals surface area contributed by atoms with Crippen LogP contribution in [0.15, 0.2) is 48.5 Å². The molecule has 2 atom stereocenters. The zero-order valence-electron chi connectivity index (χ0n) is 17.3. The van der Waals surface area contributed by atoms with Gasteiger partial charge in [-0.1, -0.05) is 17.7 Å². The van der Waals surface area contributed by atoms with Gasteiger partial charge in [-0.2, -0.15) is 0 Å². The molecular weight excluding hydrogens is 439 g/mol. The van der Waals surface area contributed by atoms with Crippen molar-refractivity contribution >= 4 is 35.2 Å². The number of aryl methyl sites for hydroxylation is 1. The van der Waals surface area contributed by atoms with Crippen molar-refractivity contribution in [2.75, 3.05) is 12.4 Å². The average molecular weight is 461 g/mol. The Hall–Kier alpha value is -3.26. The third-order valence-electron chi connectivity index (χ3n) is 5.06. The number of benzene rings is 2. The number of carbonyl (C=O) groups excluding carboxylic acids is 4. The molecule has 1 saturated heterocycles. The molecule has 0 unspecified atom stereocenters. The first-order valence-corrected chi connectivity index (χ1v) is 10.6. The molecule has 1 aliphatic rings. The number of esters is 1. The van der Waals surface area contributed by atoms with E-state index in [2.05, 4.69) is 5.43 Å². The molecule has 32 heavy (non-hydrogen) atoms. The van der Waals surface area contributed by atoms with Crippen molar-refractivity contribution in [3.05, 3.63) is 71.0 Å². The third-order valence-corrected chi connectivity index (χ3v) is 5.28. The number of Topliss-reactive ketones (excluding diaryl/α,β-unsaturated/α-hetero) is 1. The first-order chi connectivity index (χ1) is 15.3. The number of nitrogens with zero attached hydrogens (tertiary/aromatic N) is 1. The van der Waals surface area contributed by atoms with Crippen molar-refractivity contribution in [2.24, 2.45) is 5.92 Å². The van der Waals surface area contributed by atoms with E-state index in [1.54, 1.807) is 24.3 Å². The first-order valence-electron chi connectivity index (χ1n) is 10.0. The van der Waals surface area contributed by atoms with E-state index in [9.17, 15) is 23.6 Å². The van der Waals surface area contributed by atoms with Crippen LogP contribution < -0.4 is 5.43 Å². The predicted octanol–water partition coefficient (Wildman–Crippen LogP) is 3.05. The molecule has 1 heterocycles. The molecule has 0 aromatic heterocycles. The minimum absolute atomic E-state index is 0.0627. The number of carbonyl (C=O) groups is 4. The highest BCUT2D eigenvalue weighted by Crippen LogP contribution is 2.21. The van der Waals surface area contributed by atoms with Gasteiger partial charge in [0.05, 0.1) is 12.5 Å². The molecule has 1 fully saturated rings. The third kappa shape index (κ3) is 5.70. The molecule has 0 saturated carbocycles. The lowest BCUT2D eigenvalue weighted by Gasteiger charge is -2.19. The van der Waals surface area contributed by atoms with Crippen LogP contribution in [0.4, 0.5) is 4.39 Å². The summed E-state index contributed by atoms with van der Waals surface area (Å²) in [7, 11) is 0. The Balaban J connectivity index is 1.61. The van der Waals surface area contributed by atoms with Crippen molar-refractivity contribution < 1.29 is 28.3 Å². The van der Waals surface area contributed by atoms with Crippen molar-refractivity contribution in [1.82, 2.24) is 10.4 Å². The number of rotatable bonds is 8. The highest BCUT2D eigenvalue weighted by Gasteiger charge is 2.38. The standard InChI is InChI=1S/C23H22ClFN2O5/c1-14-2-4-16(5-3-14)22(30)26-27-13-17(12-20(27)28)23(31)32-19(10-11-24)21(29)15-6-8-18(25)9-7-15/h2-9,17,19H,10-13H2,1H3,(H,26,30)/t17-,19+/m0/s1. The van der Waals surface area contributed by atoms with Gasteiger partial charge in [-0.25, -0.2) is 4.39 Å². The van der Waals surface area contributed by atoms with Crippen LogP contribution in [0.2, 0.25) is 0 Å². The summed E-state index contributed by atoms with van der Waals surface area (Å²) in [5.41, 5.74) is 4.04. The second-order valence-corrected chi connectivity index (χ2v) is 7.86. The van der Waals surface area contributed by atoms with E-state index in [1.807, 2.05) is 6.92 Å². The van der Waals surface area contributed by atoms with Crippen LogP contribution in [0.25, 0.3) is 0 Å². The average Bonchev–Trinajstić information content (AvgIpc) is 3.14. The molecule has 0 bridgehead atoms. The summed E-state index contributed by atoms with van der Waals surface area (Å²) < 4.78 is 18.5. The normalized spacial score (nSPS) is 16.5. The van der Waals surface area contributed by atoms with Crippen LogP contribution in [0.3, 0.4) is 0 Å². The van der Waals surface area contributed by atoms with Crippen LogP contribution in [-0.4, -0.2) is 47.1 Å². The Morgan fingerprint density at radius 3 is 2.38 bits per heavy atom. The molecule has 2 aromatic carbocycles. The van der Waals surface area contributed by atoms with Crippen LogP contribution in [0, 0.1) is 18.7 Å². The Bertz CT molecular complexity index is 1010. The number of ketones is 1. The summed E-state index contributed by atoms with van der Waals surface area (Å²) in [5, 5.41) is 1.08. The van der Waals surface area contributed by atoms with Gasteiger partial charge in [0.2, 0.25) is 11.7 Å². The fraction of sp³-hybridized carbons (Fsp3) is 0.304. The van der Waals surface area contributed by atoms with E-state index in [0.29, 0.717) is 5.56 Å². The summed E-state index contributed by atoms with van der Waals surface area (Å²) in [6, 6.07) is 11.7. The minimum Gasteiger partial charge on any atom is -0.454 e. The number of nitrogens with one attached hydrogen (secondary N) is 1. The van der Waals surface area contributed by atoms with Gasteiger partial charge in [-0.3, -0.25) is 29.6 Å². The van der Waals surface area contributed by atoms with Crippen LogP contribution >= 0.6 is 11.6 Å². The molecule has 9 heteroatoms. The summed E-state index contributed by atoms with van der Waals surface area (Å²) in [5.74, 6) is -3.44. The van der Waals surface area contributed by atoms with Crippen molar-refractivity contribution in [1.29, 1.82) is 0 Å². The van der Waals surface area contributed by atoms with Crippen molar-refractivity contribution in [3.8, 4) is 0 Å². The van der Waals surface area contributed by atoms with Gasteiger partial charge in [0.1, 0.15) is 5.82 Å². The van der Waals surface area contributed by atoms with E-state index in [-0.39, 0.29) is 30.8 Å². The quantitative estimate of drug-likeness (QED) is 0.371. The summed E-state index contributed by atoms with van der Waals surface area (Å²) in [4.78, 5) is 49.9. The van der Waals surface area contributed by atoms with E-state index >= 15 is 0 Å². The number of ether oxygens (including phenoxy) is 1. The van der Waals surface area contributed by atoms with Crippen LogP contribution in [0.5, 0.6) is 0 Å². The Labute approximate surface area is 189 Å². The molecule has 168 valence electrons. The Kier molecular flexibility index (Phi) is 7.58. The fourth-order valence-electron chi connectivity index (χ4n) is 3.24. The molecule has 3 rings (SSSR count). The number of alkyl halides is 1. The zero-order valence-corrected chi connectivity index (χ0v) is 18.1. The van der Waals surface area contributed by atoms with E-state index in [1.165, 1.54) is 12.1 Å².